The molecule has 1 saturated heterocycles. The Hall–Kier alpha value is -3.21. The van der Waals surface area contributed by atoms with Crippen LogP contribution in [0.25, 0.3) is 11.1 Å². The molecule has 0 radical (unpaired) electrons. The van der Waals surface area contributed by atoms with Gasteiger partial charge in [-0.2, -0.15) is 0 Å². The van der Waals surface area contributed by atoms with Crippen LogP contribution in [0.2, 0.25) is 5.02 Å². The first-order chi connectivity index (χ1) is 14.7. The molecule has 6 N–H and O–H groups in total. The zero-order chi connectivity index (χ0) is 22.5. The predicted molar refractivity (Wildman–Crippen MR) is 109 cm³/mol. The number of amides is 2. The van der Waals surface area contributed by atoms with Gasteiger partial charge in [-0.3, -0.25) is 14.9 Å². The standard InChI is InChI=1S/C20H20ClFN4O5/c21-12-5-6-15(22)14(8-12)11-3-1-10(2-4-11)7-13(9-16(23)19(28)29)24-18(27)17-25-20(30)31-26-17/h1-6,8,13,16-17,26H,7,9,23H2,(H,24,27)(H,25,30)(H,28,29)/t13-,16-,17?/m1/s1. The molecule has 3 atom stereocenters. The van der Waals surface area contributed by atoms with Crippen LogP contribution in [0.15, 0.2) is 42.5 Å². The van der Waals surface area contributed by atoms with Gasteiger partial charge in [-0.15, -0.1) is 5.48 Å². The van der Waals surface area contributed by atoms with Crippen LogP contribution in [0.3, 0.4) is 0 Å². The van der Waals surface area contributed by atoms with Crippen molar-refractivity contribution in [2.75, 3.05) is 0 Å². The average molecular weight is 451 g/mol. The van der Waals surface area contributed by atoms with Crippen LogP contribution < -0.4 is 21.8 Å². The quantitative estimate of drug-likeness (QED) is 0.410. The van der Waals surface area contributed by atoms with Crippen molar-refractivity contribution < 1.29 is 28.7 Å². The number of nitrogens with one attached hydrogen (secondary N) is 3. The summed E-state index contributed by atoms with van der Waals surface area (Å²) in [5.74, 6) is -2.23. The van der Waals surface area contributed by atoms with Crippen LogP contribution >= 0.6 is 11.6 Å². The minimum absolute atomic E-state index is 0.0483. The minimum atomic E-state index is -1.21. The van der Waals surface area contributed by atoms with Gasteiger partial charge in [0.15, 0.2) is 6.17 Å². The lowest BCUT2D eigenvalue weighted by atomic mass is 9.97. The van der Waals surface area contributed by atoms with Gasteiger partial charge >= 0.3 is 12.1 Å². The molecule has 1 aliphatic heterocycles. The van der Waals surface area contributed by atoms with Gasteiger partial charge in [0.1, 0.15) is 11.9 Å². The number of benzene rings is 2. The summed E-state index contributed by atoms with van der Waals surface area (Å²) < 4.78 is 14.1. The molecule has 9 nitrogen and oxygen atoms in total. The van der Waals surface area contributed by atoms with E-state index in [1.54, 1.807) is 24.3 Å². The number of aliphatic carboxylic acids is 1. The van der Waals surface area contributed by atoms with Crippen LogP contribution in [0.1, 0.15) is 12.0 Å². The molecule has 11 heteroatoms. The zero-order valence-electron chi connectivity index (χ0n) is 16.1. The average Bonchev–Trinajstić information content (AvgIpc) is 3.17. The number of hydrogen-bond acceptors (Lipinski definition) is 6. The molecule has 0 aliphatic carbocycles. The Morgan fingerprint density at radius 3 is 2.58 bits per heavy atom. The molecule has 164 valence electrons. The summed E-state index contributed by atoms with van der Waals surface area (Å²) in [7, 11) is 0. The van der Waals surface area contributed by atoms with E-state index in [-0.39, 0.29) is 12.8 Å². The summed E-state index contributed by atoms with van der Waals surface area (Å²) in [6, 6.07) is 9.29. The van der Waals surface area contributed by atoms with E-state index in [0.717, 1.165) is 5.56 Å². The molecule has 0 saturated carbocycles. The summed E-state index contributed by atoms with van der Waals surface area (Å²) >= 11 is 5.95. The van der Waals surface area contributed by atoms with E-state index in [2.05, 4.69) is 21.0 Å². The maximum atomic E-state index is 14.1. The van der Waals surface area contributed by atoms with Crippen molar-refractivity contribution in [1.29, 1.82) is 0 Å². The Morgan fingerprint density at radius 2 is 1.97 bits per heavy atom. The van der Waals surface area contributed by atoms with E-state index >= 15 is 0 Å². The Morgan fingerprint density at radius 1 is 1.26 bits per heavy atom. The second-order valence-corrected chi connectivity index (χ2v) is 7.43. The lowest BCUT2D eigenvalue weighted by Crippen LogP contribution is -2.52. The molecule has 2 aromatic rings. The molecule has 31 heavy (non-hydrogen) atoms. The van der Waals surface area contributed by atoms with Crippen molar-refractivity contribution in [3.63, 3.8) is 0 Å². The normalized spacial score (nSPS) is 17.4. The van der Waals surface area contributed by atoms with Crippen molar-refractivity contribution in [3.8, 4) is 11.1 Å². The zero-order valence-corrected chi connectivity index (χ0v) is 16.9. The van der Waals surface area contributed by atoms with Gasteiger partial charge in [0.05, 0.1) is 0 Å². The van der Waals surface area contributed by atoms with E-state index in [0.29, 0.717) is 16.1 Å². The van der Waals surface area contributed by atoms with E-state index in [1.807, 2.05) is 0 Å². The number of nitrogens with two attached hydrogens (primary N) is 1. The number of hydroxylamine groups is 1. The number of rotatable bonds is 8. The van der Waals surface area contributed by atoms with Gasteiger partial charge in [0.25, 0.3) is 5.91 Å². The first-order valence-electron chi connectivity index (χ1n) is 9.29. The third-order valence-corrected chi connectivity index (χ3v) is 4.91. The SMILES string of the molecule is N[C@H](C[C@@H](Cc1ccc(-c2cc(Cl)ccc2F)cc1)NC(=O)C1NOC(=O)N1)C(=O)O. The Balaban J connectivity index is 1.73. The predicted octanol–water partition coefficient (Wildman–Crippen LogP) is 1.55. The van der Waals surface area contributed by atoms with Crippen LogP contribution in [-0.4, -0.2) is 41.3 Å². The van der Waals surface area contributed by atoms with Crippen LogP contribution in [0.4, 0.5) is 9.18 Å². The maximum Gasteiger partial charge on any atom is 0.427 e. The topological polar surface area (TPSA) is 143 Å². The van der Waals surface area contributed by atoms with Gasteiger partial charge in [-0.25, -0.2) is 9.18 Å². The lowest BCUT2D eigenvalue weighted by molar-refractivity contribution is -0.139. The largest absolute Gasteiger partial charge is 0.480 e. The van der Waals surface area contributed by atoms with Gasteiger partial charge in [-0.1, -0.05) is 35.9 Å². The van der Waals surface area contributed by atoms with E-state index in [1.165, 1.54) is 18.2 Å². The van der Waals surface area contributed by atoms with Crippen molar-refractivity contribution in [1.82, 2.24) is 16.1 Å². The maximum absolute atomic E-state index is 14.1. The van der Waals surface area contributed by atoms with E-state index < -0.39 is 42.0 Å². The molecule has 0 bridgehead atoms. The summed E-state index contributed by atoms with van der Waals surface area (Å²) in [5, 5.41) is 14.4. The molecule has 2 amide bonds. The lowest BCUT2D eigenvalue weighted by Gasteiger charge is -2.22. The molecular weight excluding hydrogens is 431 g/mol. The van der Waals surface area contributed by atoms with Crippen molar-refractivity contribution in [2.45, 2.75) is 31.1 Å². The Bertz CT molecular complexity index is 988. The fraction of sp³-hybridized carbons (Fsp3) is 0.250. The van der Waals surface area contributed by atoms with Crippen molar-refractivity contribution in [2.24, 2.45) is 5.73 Å². The second kappa shape index (κ2) is 9.73. The molecule has 0 spiro atoms. The highest BCUT2D eigenvalue weighted by molar-refractivity contribution is 6.30. The van der Waals surface area contributed by atoms with E-state index in [4.69, 9.17) is 22.4 Å². The molecule has 1 heterocycles. The molecule has 1 aliphatic rings. The molecule has 1 unspecified atom stereocenters. The van der Waals surface area contributed by atoms with Crippen molar-refractivity contribution in [3.05, 3.63) is 58.9 Å². The number of hydrogen-bond donors (Lipinski definition) is 5. The number of carbonyl (C=O) groups is 3. The molecule has 3 rings (SSSR count). The summed E-state index contributed by atoms with van der Waals surface area (Å²) in [6.45, 7) is 0. The van der Waals surface area contributed by atoms with Gasteiger partial charge in [0.2, 0.25) is 0 Å². The third-order valence-electron chi connectivity index (χ3n) is 4.67. The highest BCUT2D eigenvalue weighted by atomic mass is 35.5. The summed E-state index contributed by atoms with van der Waals surface area (Å²) in [6.07, 6.45) is -1.70. The Kier molecular flexibility index (Phi) is 7.06. The number of carboxylic acid groups (broad SMARTS) is 1. The number of halogens is 2. The molecule has 1 fully saturated rings. The fourth-order valence-corrected chi connectivity index (χ4v) is 3.29. The minimum Gasteiger partial charge on any atom is -0.480 e. The summed E-state index contributed by atoms with van der Waals surface area (Å²) in [5.41, 5.74) is 9.58. The van der Waals surface area contributed by atoms with E-state index in [9.17, 15) is 18.8 Å². The van der Waals surface area contributed by atoms with Gasteiger partial charge < -0.3 is 21.0 Å². The highest BCUT2D eigenvalue weighted by Crippen LogP contribution is 2.26. The smallest absolute Gasteiger partial charge is 0.427 e. The first kappa shape index (κ1) is 22.5. The molecular formula is C20H20ClFN4O5. The van der Waals surface area contributed by atoms with Crippen LogP contribution in [-0.2, 0) is 20.8 Å². The van der Waals surface area contributed by atoms with Gasteiger partial charge in [0, 0.05) is 16.6 Å². The van der Waals surface area contributed by atoms with Crippen molar-refractivity contribution >= 4 is 29.6 Å². The number of carboxylic acids is 1. The fourth-order valence-electron chi connectivity index (χ4n) is 3.12. The van der Waals surface area contributed by atoms with Crippen LogP contribution in [0.5, 0.6) is 0 Å². The first-order valence-corrected chi connectivity index (χ1v) is 9.66. The summed E-state index contributed by atoms with van der Waals surface area (Å²) in [4.78, 5) is 39.0. The van der Waals surface area contributed by atoms with Gasteiger partial charge in [-0.05, 0) is 42.2 Å². The Labute approximate surface area is 181 Å². The highest BCUT2D eigenvalue weighted by Gasteiger charge is 2.31. The number of carbonyl (C=O) groups excluding carboxylic acids is 2. The monoisotopic (exact) mass is 450 g/mol. The third kappa shape index (κ3) is 5.91. The second-order valence-electron chi connectivity index (χ2n) is 7.00. The van der Waals surface area contributed by atoms with Crippen LogP contribution in [0, 0.1) is 5.82 Å². The molecule has 2 aromatic carbocycles. The molecule has 0 aromatic heterocycles.